The van der Waals surface area contributed by atoms with Crippen LogP contribution in [-0.2, 0) is 4.79 Å². The van der Waals surface area contributed by atoms with Crippen molar-refractivity contribution < 1.29 is 9.90 Å². The Labute approximate surface area is 129 Å². The number of piperidine rings is 1. The van der Waals surface area contributed by atoms with Gasteiger partial charge in [-0.25, -0.2) is 0 Å². The first-order chi connectivity index (χ1) is 9.99. The smallest absolute Gasteiger partial charge is 0.237 e. The molecule has 2 aliphatic rings. The van der Waals surface area contributed by atoms with Gasteiger partial charge < -0.3 is 10.0 Å². The topological polar surface area (TPSA) is 43.8 Å². The van der Waals surface area contributed by atoms with Crippen LogP contribution in [0, 0.1) is 5.92 Å². The van der Waals surface area contributed by atoms with Crippen molar-refractivity contribution >= 4 is 5.91 Å². The van der Waals surface area contributed by atoms with Crippen LogP contribution >= 0.6 is 0 Å². The molecule has 0 radical (unpaired) electrons. The molecular weight excluding hydrogens is 264 g/mol. The summed E-state index contributed by atoms with van der Waals surface area (Å²) in [6.45, 7) is 7.93. The summed E-state index contributed by atoms with van der Waals surface area (Å²) in [6, 6.07) is 0.774. The molecule has 1 amide bonds. The number of carbonyl (C=O) groups is 1. The Morgan fingerprint density at radius 3 is 2.52 bits per heavy atom. The second kappa shape index (κ2) is 7.59. The van der Waals surface area contributed by atoms with E-state index in [1.807, 2.05) is 0 Å². The monoisotopic (exact) mass is 296 g/mol. The summed E-state index contributed by atoms with van der Waals surface area (Å²) < 4.78 is 0. The van der Waals surface area contributed by atoms with Gasteiger partial charge in [-0.3, -0.25) is 9.69 Å². The normalized spacial score (nSPS) is 27.8. The lowest BCUT2D eigenvalue weighted by Crippen LogP contribution is -2.53. The average molecular weight is 296 g/mol. The van der Waals surface area contributed by atoms with Crippen molar-refractivity contribution in [2.75, 3.05) is 19.6 Å². The van der Waals surface area contributed by atoms with Gasteiger partial charge in [-0.1, -0.05) is 12.8 Å². The number of rotatable bonds is 5. The first-order valence-corrected chi connectivity index (χ1v) is 8.70. The zero-order valence-corrected chi connectivity index (χ0v) is 13.9. The molecule has 1 saturated carbocycles. The molecule has 1 N–H and O–H groups in total. The van der Waals surface area contributed by atoms with Crippen LogP contribution in [0.1, 0.15) is 59.3 Å². The van der Waals surface area contributed by atoms with E-state index in [1.54, 1.807) is 6.92 Å². The molecule has 2 fully saturated rings. The summed E-state index contributed by atoms with van der Waals surface area (Å²) in [5.74, 6) is 1.00. The second-order valence-corrected chi connectivity index (χ2v) is 7.21. The molecule has 0 aromatic carbocycles. The van der Waals surface area contributed by atoms with Crippen LogP contribution in [0.2, 0.25) is 0 Å². The third kappa shape index (κ3) is 4.43. The van der Waals surface area contributed by atoms with Crippen LogP contribution in [0.4, 0.5) is 0 Å². The number of fused-ring (bicyclic) bond motifs is 1. The van der Waals surface area contributed by atoms with Gasteiger partial charge in [0.05, 0.1) is 12.6 Å². The van der Waals surface area contributed by atoms with Crippen LogP contribution < -0.4 is 0 Å². The lowest BCUT2D eigenvalue weighted by molar-refractivity contribution is -0.139. The van der Waals surface area contributed by atoms with Crippen LogP contribution in [0.5, 0.6) is 0 Å². The molecule has 0 aromatic rings. The van der Waals surface area contributed by atoms with Gasteiger partial charge in [-0.2, -0.15) is 0 Å². The first kappa shape index (κ1) is 16.8. The molecule has 3 unspecified atom stereocenters. The van der Waals surface area contributed by atoms with E-state index in [0.29, 0.717) is 19.1 Å². The van der Waals surface area contributed by atoms with E-state index in [1.165, 1.54) is 32.1 Å². The number of hydrogen-bond donors (Lipinski definition) is 1. The van der Waals surface area contributed by atoms with Crippen LogP contribution in [0.25, 0.3) is 0 Å². The number of aliphatic hydroxyl groups excluding tert-OH is 1. The second-order valence-electron chi connectivity index (χ2n) is 7.21. The Balaban J connectivity index is 1.97. The molecule has 3 atom stereocenters. The maximum atomic E-state index is 12.8. The molecule has 1 saturated heterocycles. The number of likely N-dealkylation sites (tertiary alicyclic amines) is 1. The van der Waals surface area contributed by atoms with Crippen LogP contribution in [0.3, 0.4) is 0 Å². The maximum absolute atomic E-state index is 12.8. The van der Waals surface area contributed by atoms with E-state index in [0.717, 1.165) is 18.9 Å². The predicted octanol–water partition coefficient (Wildman–Crippen LogP) is 2.26. The molecule has 21 heavy (non-hydrogen) atoms. The maximum Gasteiger partial charge on any atom is 0.237 e. The minimum atomic E-state index is -0.385. The fraction of sp³-hybridized carbons (Fsp3) is 0.941. The van der Waals surface area contributed by atoms with Crippen molar-refractivity contribution in [3.8, 4) is 0 Å². The Hall–Kier alpha value is -0.610. The molecule has 2 rings (SSSR count). The third-order valence-corrected chi connectivity index (χ3v) is 5.13. The van der Waals surface area contributed by atoms with E-state index in [4.69, 9.17) is 0 Å². The van der Waals surface area contributed by atoms with E-state index >= 15 is 0 Å². The lowest BCUT2D eigenvalue weighted by atomic mass is 9.78. The van der Waals surface area contributed by atoms with Crippen molar-refractivity contribution in [2.45, 2.75) is 77.5 Å². The molecule has 4 nitrogen and oxygen atoms in total. The molecule has 1 aliphatic heterocycles. The molecule has 0 aromatic heterocycles. The van der Waals surface area contributed by atoms with E-state index in [-0.39, 0.29) is 18.1 Å². The minimum absolute atomic E-state index is 0.265. The average Bonchev–Trinajstić information content (AvgIpc) is 2.45. The Morgan fingerprint density at radius 1 is 1.19 bits per heavy atom. The fourth-order valence-corrected chi connectivity index (χ4v) is 4.00. The molecular formula is C17H32N2O2. The SMILES string of the molecule is CC(O)CN(CC(=O)N1CCCC2CCCCC21)C(C)C. The summed E-state index contributed by atoms with van der Waals surface area (Å²) in [5.41, 5.74) is 0. The van der Waals surface area contributed by atoms with Gasteiger partial charge in [-0.05, 0) is 52.4 Å². The Kier molecular flexibility index (Phi) is 6.06. The minimum Gasteiger partial charge on any atom is -0.392 e. The number of aliphatic hydroxyl groups is 1. The number of carbonyl (C=O) groups excluding carboxylic acids is 1. The highest BCUT2D eigenvalue weighted by Crippen LogP contribution is 2.35. The number of hydrogen-bond acceptors (Lipinski definition) is 3. The van der Waals surface area contributed by atoms with Crippen molar-refractivity contribution in [1.82, 2.24) is 9.80 Å². The van der Waals surface area contributed by atoms with Gasteiger partial charge in [0, 0.05) is 25.2 Å². The first-order valence-electron chi connectivity index (χ1n) is 8.70. The lowest BCUT2D eigenvalue weighted by Gasteiger charge is -2.45. The quantitative estimate of drug-likeness (QED) is 0.846. The van der Waals surface area contributed by atoms with Crippen molar-refractivity contribution in [1.29, 1.82) is 0 Å². The van der Waals surface area contributed by atoms with Gasteiger partial charge in [-0.15, -0.1) is 0 Å². The zero-order valence-electron chi connectivity index (χ0n) is 13.9. The van der Waals surface area contributed by atoms with Crippen molar-refractivity contribution in [3.05, 3.63) is 0 Å². The standard InChI is InChI=1S/C17H32N2O2/c1-13(2)18(11-14(3)20)12-17(21)19-10-6-8-15-7-4-5-9-16(15)19/h13-16,20H,4-12H2,1-3H3. The highest BCUT2D eigenvalue weighted by Gasteiger charge is 2.36. The predicted molar refractivity (Wildman–Crippen MR) is 85.1 cm³/mol. The highest BCUT2D eigenvalue weighted by atomic mass is 16.3. The largest absolute Gasteiger partial charge is 0.392 e. The van der Waals surface area contributed by atoms with Gasteiger partial charge in [0.25, 0.3) is 0 Å². The zero-order chi connectivity index (χ0) is 15.4. The summed E-state index contributed by atoms with van der Waals surface area (Å²) in [7, 11) is 0. The van der Waals surface area contributed by atoms with Crippen LogP contribution in [-0.4, -0.2) is 58.6 Å². The van der Waals surface area contributed by atoms with E-state index in [2.05, 4.69) is 23.6 Å². The highest BCUT2D eigenvalue weighted by molar-refractivity contribution is 5.78. The summed E-state index contributed by atoms with van der Waals surface area (Å²) >= 11 is 0. The van der Waals surface area contributed by atoms with E-state index < -0.39 is 0 Å². The number of amides is 1. The van der Waals surface area contributed by atoms with Crippen molar-refractivity contribution in [3.63, 3.8) is 0 Å². The van der Waals surface area contributed by atoms with Gasteiger partial charge >= 0.3 is 0 Å². The molecule has 122 valence electrons. The molecule has 1 heterocycles. The summed E-state index contributed by atoms with van der Waals surface area (Å²) in [6.07, 6.45) is 7.17. The Morgan fingerprint density at radius 2 is 1.86 bits per heavy atom. The fourth-order valence-electron chi connectivity index (χ4n) is 4.00. The number of nitrogens with zero attached hydrogens (tertiary/aromatic N) is 2. The van der Waals surface area contributed by atoms with E-state index in [9.17, 15) is 9.90 Å². The summed E-state index contributed by atoms with van der Waals surface area (Å²) in [4.78, 5) is 17.0. The molecule has 0 spiro atoms. The van der Waals surface area contributed by atoms with Gasteiger partial charge in [0.2, 0.25) is 5.91 Å². The van der Waals surface area contributed by atoms with Gasteiger partial charge in [0.15, 0.2) is 0 Å². The Bertz CT molecular complexity index is 342. The third-order valence-electron chi connectivity index (χ3n) is 5.13. The van der Waals surface area contributed by atoms with Crippen molar-refractivity contribution in [2.24, 2.45) is 5.92 Å². The molecule has 4 heteroatoms. The molecule has 1 aliphatic carbocycles. The summed E-state index contributed by atoms with van der Waals surface area (Å²) in [5, 5.41) is 9.62. The molecule has 0 bridgehead atoms. The van der Waals surface area contributed by atoms with Gasteiger partial charge in [0.1, 0.15) is 0 Å². The van der Waals surface area contributed by atoms with Crippen LogP contribution in [0.15, 0.2) is 0 Å².